The van der Waals surface area contributed by atoms with Crippen LogP contribution in [0, 0.1) is 6.92 Å². The molecule has 0 spiro atoms. The first-order valence-corrected chi connectivity index (χ1v) is 9.45. The second-order valence-electron chi connectivity index (χ2n) is 6.88. The smallest absolute Gasteiger partial charge is 0.436 e. The molecule has 0 bridgehead atoms. The van der Waals surface area contributed by atoms with Crippen LogP contribution >= 0.6 is 11.6 Å². The predicted octanol–water partition coefficient (Wildman–Crippen LogP) is 4.67. The number of anilines is 1. The zero-order valence-electron chi connectivity index (χ0n) is 15.9. The fraction of sp³-hybridized carbons (Fsp3) is 0.200. The molecule has 3 heterocycles. The molecule has 0 aliphatic carbocycles. The Hall–Kier alpha value is -3.24. The Morgan fingerprint density at radius 1 is 1.19 bits per heavy atom. The molecule has 7 nitrogen and oxygen atoms in total. The molecule has 5 rings (SSSR count). The number of carbonyl (C=O) groups is 1. The molecule has 0 unspecified atom stereocenters. The van der Waals surface area contributed by atoms with E-state index >= 15 is 0 Å². The molecule has 2 aliphatic heterocycles. The highest BCUT2D eigenvalue weighted by Gasteiger charge is 2.38. The van der Waals surface area contributed by atoms with Crippen LogP contribution in [-0.2, 0) is 17.6 Å². The predicted molar refractivity (Wildman–Crippen MR) is 102 cm³/mol. The average molecular weight is 452 g/mol. The van der Waals surface area contributed by atoms with Gasteiger partial charge in [-0.05, 0) is 37.3 Å². The van der Waals surface area contributed by atoms with Crippen LogP contribution in [-0.4, -0.2) is 22.5 Å². The standard InChI is InChI=1S/C20H13ClF3N3O4/c1-10-16(21)18(20(22,23)24)25-26(10)12-4-2-3-11(7-12)19(28)27-14-5-6-15-17(30-9-29-15)13(14)8-31-27/h2-7H,8-9H2,1H3. The third-order valence-corrected chi connectivity index (χ3v) is 5.46. The Morgan fingerprint density at radius 3 is 2.74 bits per heavy atom. The van der Waals surface area contributed by atoms with Crippen molar-refractivity contribution in [2.75, 3.05) is 11.9 Å². The summed E-state index contributed by atoms with van der Waals surface area (Å²) in [5, 5.41) is 4.23. The lowest BCUT2D eigenvalue weighted by molar-refractivity contribution is -0.141. The quantitative estimate of drug-likeness (QED) is 0.566. The van der Waals surface area contributed by atoms with E-state index in [0.717, 1.165) is 9.75 Å². The topological polar surface area (TPSA) is 65.8 Å². The van der Waals surface area contributed by atoms with Gasteiger partial charge in [-0.15, -0.1) is 0 Å². The van der Waals surface area contributed by atoms with Gasteiger partial charge in [-0.2, -0.15) is 23.3 Å². The Bertz CT molecular complexity index is 1230. The summed E-state index contributed by atoms with van der Waals surface area (Å²) >= 11 is 5.84. The van der Waals surface area contributed by atoms with Crippen molar-refractivity contribution in [3.63, 3.8) is 0 Å². The first kappa shape index (κ1) is 19.7. The number of halogens is 4. The van der Waals surface area contributed by atoms with Gasteiger partial charge in [0.25, 0.3) is 5.91 Å². The lowest BCUT2D eigenvalue weighted by Crippen LogP contribution is -2.27. The van der Waals surface area contributed by atoms with E-state index in [1.807, 2.05) is 0 Å². The fourth-order valence-electron chi connectivity index (χ4n) is 3.52. The first-order chi connectivity index (χ1) is 14.8. The second-order valence-corrected chi connectivity index (χ2v) is 7.26. The van der Waals surface area contributed by atoms with Crippen molar-refractivity contribution in [2.24, 2.45) is 0 Å². The van der Waals surface area contributed by atoms with E-state index in [0.29, 0.717) is 22.7 Å². The molecule has 0 fully saturated rings. The van der Waals surface area contributed by atoms with E-state index in [4.69, 9.17) is 25.9 Å². The Balaban J connectivity index is 1.50. The van der Waals surface area contributed by atoms with E-state index in [2.05, 4.69) is 5.10 Å². The number of fused-ring (bicyclic) bond motifs is 3. The third kappa shape index (κ3) is 3.10. The minimum Gasteiger partial charge on any atom is -0.454 e. The van der Waals surface area contributed by atoms with Crippen molar-refractivity contribution in [1.82, 2.24) is 9.78 Å². The summed E-state index contributed by atoms with van der Waals surface area (Å²) < 4.78 is 51.3. The van der Waals surface area contributed by atoms with Gasteiger partial charge in [-0.25, -0.2) is 4.68 Å². The van der Waals surface area contributed by atoms with Crippen LogP contribution in [0.2, 0.25) is 5.02 Å². The molecule has 0 atom stereocenters. The average Bonchev–Trinajstić information content (AvgIpc) is 3.44. The van der Waals surface area contributed by atoms with Gasteiger partial charge in [0.15, 0.2) is 17.2 Å². The monoisotopic (exact) mass is 451 g/mol. The number of alkyl halides is 3. The van der Waals surface area contributed by atoms with Crippen molar-refractivity contribution < 1.29 is 32.3 Å². The van der Waals surface area contributed by atoms with Crippen LogP contribution in [0.15, 0.2) is 36.4 Å². The molecular formula is C20H13ClF3N3O4. The van der Waals surface area contributed by atoms with E-state index in [-0.39, 0.29) is 30.3 Å². The molecular weight excluding hydrogens is 439 g/mol. The van der Waals surface area contributed by atoms with Crippen LogP contribution in [0.3, 0.4) is 0 Å². The molecule has 160 valence electrons. The van der Waals surface area contributed by atoms with Crippen molar-refractivity contribution >= 4 is 23.2 Å². The lowest BCUT2D eigenvalue weighted by Gasteiger charge is -2.16. The fourth-order valence-corrected chi connectivity index (χ4v) is 3.74. The number of hydrogen-bond acceptors (Lipinski definition) is 5. The van der Waals surface area contributed by atoms with Crippen LogP contribution in [0.4, 0.5) is 18.9 Å². The second kappa shape index (κ2) is 6.89. The molecule has 3 aromatic rings. The van der Waals surface area contributed by atoms with Crippen LogP contribution in [0.1, 0.15) is 27.3 Å². The highest BCUT2D eigenvalue weighted by Crippen LogP contribution is 2.45. The molecule has 1 aromatic heterocycles. The SMILES string of the molecule is Cc1c(Cl)c(C(F)(F)F)nn1-c1cccc(C(=O)N2OCc3c2ccc2c3OCO2)c1. The highest BCUT2D eigenvalue weighted by molar-refractivity contribution is 6.32. The number of amides is 1. The van der Waals surface area contributed by atoms with Gasteiger partial charge >= 0.3 is 6.18 Å². The third-order valence-electron chi connectivity index (χ3n) is 5.01. The normalized spacial score (nSPS) is 14.8. The van der Waals surface area contributed by atoms with Crippen LogP contribution in [0.5, 0.6) is 11.5 Å². The molecule has 0 saturated carbocycles. The number of nitrogens with zero attached hydrogens (tertiary/aromatic N) is 3. The summed E-state index contributed by atoms with van der Waals surface area (Å²) in [4.78, 5) is 18.7. The van der Waals surface area contributed by atoms with Crippen LogP contribution in [0.25, 0.3) is 5.69 Å². The maximum absolute atomic E-state index is 13.1. The van der Waals surface area contributed by atoms with E-state index in [9.17, 15) is 18.0 Å². The van der Waals surface area contributed by atoms with Gasteiger partial charge in [0.05, 0.1) is 27.7 Å². The molecule has 0 radical (unpaired) electrons. The summed E-state index contributed by atoms with van der Waals surface area (Å²) in [6.07, 6.45) is -4.69. The van der Waals surface area contributed by atoms with Gasteiger partial charge in [0, 0.05) is 5.56 Å². The zero-order valence-corrected chi connectivity index (χ0v) is 16.6. The minimum atomic E-state index is -4.69. The van der Waals surface area contributed by atoms with Gasteiger partial charge in [-0.1, -0.05) is 17.7 Å². The Kier molecular flexibility index (Phi) is 4.38. The number of benzene rings is 2. The number of carbonyl (C=O) groups excluding carboxylic acids is 1. The van der Waals surface area contributed by atoms with Crippen molar-refractivity contribution in [3.8, 4) is 17.2 Å². The van der Waals surface area contributed by atoms with Crippen molar-refractivity contribution in [1.29, 1.82) is 0 Å². The van der Waals surface area contributed by atoms with Crippen molar-refractivity contribution in [3.05, 3.63) is 63.9 Å². The molecule has 2 aliphatic rings. The number of hydroxylamine groups is 1. The summed E-state index contributed by atoms with van der Waals surface area (Å²) in [6.45, 7) is 1.63. The summed E-state index contributed by atoms with van der Waals surface area (Å²) in [7, 11) is 0. The lowest BCUT2D eigenvalue weighted by atomic mass is 10.1. The first-order valence-electron chi connectivity index (χ1n) is 9.07. The number of aromatic nitrogens is 2. The number of ether oxygens (including phenoxy) is 2. The van der Waals surface area contributed by atoms with Crippen LogP contribution < -0.4 is 14.5 Å². The number of rotatable bonds is 2. The largest absolute Gasteiger partial charge is 0.454 e. The molecule has 2 aromatic carbocycles. The molecule has 11 heteroatoms. The Morgan fingerprint density at radius 2 is 2.00 bits per heavy atom. The Labute approximate surface area is 178 Å². The number of hydrogen-bond donors (Lipinski definition) is 0. The van der Waals surface area contributed by atoms with E-state index in [1.165, 1.54) is 25.1 Å². The maximum atomic E-state index is 13.1. The summed E-state index contributed by atoms with van der Waals surface area (Å²) in [5.41, 5.74) is 0.570. The van der Waals surface area contributed by atoms with Gasteiger partial charge in [0.2, 0.25) is 6.79 Å². The molecule has 0 N–H and O–H groups in total. The molecule has 1 amide bonds. The van der Waals surface area contributed by atoms with E-state index < -0.39 is 22.8 Å². The highest BCUT2D eigenvalue weighted by atomic mass is 35.5. The molecule has 31 heavy (non-hydrogen) atoms. The zero-order chi connectivity index (χ0) is 21.9. The van der Waals surface area contributed by atoms with Gasteiger partial charge < -0.3 is 9.47 Å². The van der Waals surface area contributed by atoms with E-state index in [1.54, 1.807) is 18.2 Å². The summed E-state index contributed by atoms with van der Waals surface area (Å²) in [5.74, 6) is 0.611. The van der Waals surface area contributed by atoms with Gasteiger partial charge in [-0.3, -0.25) is 9.63 Å². The maximum Gasteiger partial charge on any atom is 0.436 e. The van der Waals surface area contributed by atoms with Crippen molar-refractivity contribution in [2.45, 2.75) is 19.7 Å². The van der Waals surface area contributed by atoms with Gasteiger partial charge in [0.1, 0.15) is 6.61 Å². The summed E-state index contributed by atoms with van der Waals surface area (Å²) in [6, 6.07) is 9.40. The minimum absolute atomic E-state index is 0.0907. The molecule has 0 saturated heterocycles.